The molecule has 0 aliphatic carbocycles. The van der Waals surface area contributed by atoms with Gasteiger partial charge in [0.2, 0.25) is 0 Å². The zero-order valence-electron chi connectivity index (χ0n) is 12.0. The zero-order valence-corrected chi connectivity index (χ0v) is 12.0. The number of rotatable bonds is 4. The molecule has 2 amide bonds. The molecule has 3 saturated heterocycles. The second kappa shape index (κ2) is 6.71. The topological polar surface area (TPSA) is 48.5 Å². The molecule has 20 heavy (non-hydrogen) atoms. The summed E-state index contributed by atoms with van der Waals surface area (Å²) in [5, 5.41) is 0. The molecule has 7 nitrogen and oxygen atoms in total. The first-order valence-electron chi connectivity index (χ1n) is 7.47. The van der Waals surface area contributed by atoms with Gasteiger partial charge in [-0.1, -0.05) is 0 Å². The Bertz CT molecular complexity index is 300. The van der Waals surface area contributed by atoms with E-state index >= 15 is 0 Å². The van der Waals surface area contributed by atoms with Crippen LogP contribution in [0.5, 0.6) is 0 Å². The maximum absolute atomic E-state index is 12.4. The Hall–Kier alpha value is -0.890. The van der Waals surface area contributed by atoms with Gasteiger partial charge in [-0.05, 0) is 0 Å². The Labute approximate surface area is 120 Å². The van der Waals surface area contributed by atoms with Gasteiger partial charge >= 0.3 is 6.03 Å². The van der Waals surface area contributed by atoms with E-state index < -0.39 is 0 Å². The quantitative estimate of drug-likeness (QED) is 0.683. The van der Waals surface area contributed by atoms with Crippen LogP contribution in [0.2, 0.25) is 0 Å². The van der Waals surface area contributed by atoms with Gasteiger partial charge in [0.15, 0.2) is 0 Å². The largest absolute Gasteiger partial charge is 0.379 e. The summed E-state index contributed by atoms with van der Waals surface area (Å²) in [7, 11) is 0. The van der Waals surface area contributed by atoms with Crippen molar-refractivity contribution in [3.8, 4) is 0 Å². The van der Waals surface area contributed by atoms with E-state index in [0.29, 0.717) is 0 Å². The van der Waals surface area contributed by atoms with Crippen LogP contribution in [0.1, 0.15) is 0 Å². The van der Waals surface area contributed by atoms with Gasteiger partial charge in [0.25, 0.3) is 0 Å². The molecule has 0 atom stereocenters. The zero-order chi connectivity index (χ0) is 13.8. The van der Waals surface area contributed by atoms with E-state index in [1.807, 2.05) is 9.80 Å². The molecule has 3 aliphatic heterocycles. The number of morpholine rings is 2. The Morgan fingerprint density at radius 3 is 1.50 bits per heavy atom. The van der Waals surface area contributed by atoms with E-state index in [1.165, 1.54) is 0 Å². The average Bonchev–Trinajstić information content (AvgIpc) is 2.83. The van der Waals surface area contributed by atoms with Crippen molar-refractivity contribution in [1.29, 1.82) is 0 Å². The Morgan fingerprint density at radius 2 is 1.10 bits per heavy atom. The standard InChI is InChI=1S/C13H24N4O3/c18-13-16(11-14-3-7-19-8-4-14)1-2-17(13)12-15-5-9-20-10-6-15/h1-12H2. The van der Waals surface area contributed by atoms with Gasteiger partial charge in [-0.15, -0.1) is 0 Å². The van der Waals surface area contributed by atoms with Gasteiger partial charge in [0, 0.05) is 39.3 Å². The van der Waals surface area contributed by atoms with Crippen LogP contribution in [-0.4, -0.2) is 105 Å². The summed E-state index contributed by atoms with van der Waals surface area (Å²) in [6, 6.07) is 0.169. The molecule has 7 heteroatoms. The Balaban J connectivity index is 1.46. The molecular formula is C13H24N4O3. The SMILES string of the molecule is O=C1N(CN2CCOCC2)CCN1CN1CCOCC1. The van der Waals surface area contributed by atoms with Crippen LogP contribution in [0.4, 0.5) is 4.79 Å². The van der Waals surface area contributed by atoms with Crippen LogP contribution >= 0.6 is 0 Å². The van der Waals surface area contributed by atoms with Crippen molar-refractivity contribution < 1.29 is 14.3 Å². The number of nitrogens with zero attached hydrogens (tertiary/aromatic N) is 4. The third kappa shape index (κ3) is 3.41. The normalized spacial score (nSPS) is 26.5. The lowest BCUT2D eigenvalue weighted by Gasteiger charge is -2.32. The fraction of sp³-hybridized carbons (Fsp3) is 0.923. The van der Waals surface area contributed by atoms with E-state index in [0.717, 1.165) is 79.0 Å². The third-order valence-corrected chi connectivity index (χ3v) is 4.13. The lowest BCUT2D eigenvalue weighted by Crippen LogP contribution is -2.48. The minimum absolute atomic E-state index is 0.169. The number of carbonyl (C=O) groups excluding carboxylic acids is 1. The first kappa shape index (κ1) is 14.1. The first-order chi connectivity index (χ1) is 9.83. The highest BCUT2D eigenvalue weighted by atomic mass is 16.5. The lowest BCUT2D eigenvalue weighted by atomic mass is 10.4. The predicted octanol–water partition coefficient (Wildman–Crippen LogP) is -0.697. The summed E-state index contributed by atoms with van der Waals surface area (Å²) in [6.45, 7) is 9.95. The summed E-state index contributed by atoms with van der Waals surface area (Å²) in [5.74, 6) is 0. The minimum atomic E-state index is 0.169. The van der Waals surface area contributed by atoms with Gasteiger partial charge in [-0.25, -0.2) is 4.79 Å². The third-order valence-electron chi connectivity index (χ3n) is 4.13. The van der Waals surface area contributed by atoms with E-state index in [9.17, 15) is 4.79 Å². The Kier molecular flexibility index (Phi) is 4.72. The number of amides is 2. The van der Waals surface area contributed by atoms with E-state index in [1.54, 1.807) is 0 Å². The molecule has 3 fully saturated rings. The van der Waals surface area contributed by atoms with Crippen molar-refractivity contribution in [2.24, 2.45) is 0 Å². The highest BCUT2D eigenvalue weighted by molar-refractivity contribution is 5.76. The molecule has 0 aromatic carbocycles. The summed E-state index contributed by atoms with van der Waals surface area (Å²) in [5.41, 5.74) is 0. The number of hydrogen-bond acceptors (Lipinski definition) is 5. The van der Waals surface area contributed by atoms with Gasteiger partial charge in [0.05, 0.1) is 39.8 Å². The van der Waals surface area contributed by atoms with Gasteiger partial charge < -0.3 is 19.3 Å². The van der Waals surface area contributed by atoms with Crippen LogP contribution in [-0.2, 0) is 9.47 Å². The van der Waals surface area contributed by atoms with Gasteiger partial charge in [-0.3, -0.25) is 9.80 Å². The van der Waals surface area contributed by atoms with Crippen molar-refractivity contribution in [3.63, 3.8) is 0 Å². The summed E-state index contributed by atoms with van der Waals surface area (Å²) in [6.07, 6.45) is 0. The molecular weight excluding hydrogens is 260 g/mol. The van der Waals surface area contributed by atoms with E-state index in [4.69, 9.17) is 9.47 Å². The molecule has 0 radical (unpaired) electrons. The van der Waals surface area contributed by atoms with Crippen molar-refractivity contribution in [3.05, 3.63) is 0 Å². The molecule has 0 aromatic rings. The number of ether oxygens (including phenoxy) is 2. The molecule has 0 N–H and O–H groups in total. The van der Waals surface area contributed by atoms with Crippen molar-refractivity contribution >= 4 is 6.03 Å². The highest BCUT2D eigenvalue weighted by Gasteiger charge is 2.31. The van der Waals surface area contributed by atoms with Crippen LogP contribution in [0.25, 0.3) is 0 Å². The van der Waals surface area contributed by atoms with Gasteiger partial charge in [0.1, 0.15) is 0 Å². The second-order valence-electron chi connectivity index (χ2n) is 5.55. The molecule has 0 unspecified atom stereocenters. The average molecular weight is 284 g/mol. The second-order valence-corrected chi connectivity index (χ2v) is 5.55. The van der Waals surface area contributed by atoms with Crippen LogP contribution in [0, 0.1) is 0 Å². The number of hydrogen-bond donors (Lipinski definition) is 0. The monoisotopic (exact) mass is 284 g/mol. The maximum Gasteiger partial charge on any atom is 0.322 e. The first-order valence-corrected chi connectivity index (χ1v) is 7.47. The van der Waals surface area contributed by atoms with Crippen molar-refractivity contribution in [2.45, 2.75) is 0 Å². The molecule has 0 aromatic heterocycles. The fourth-order valence-corrected chi connectivity index (χ4v) is 2.86. The minimum Gasteiger partial charge on any atom is -0.379 e. The molecule has 3 rings (SSSR count). The Morgan fingerprint density at radius 1 is 0.700 bits per heavy atom. The summed E-state index contributed by atoms with van der Waals surface area (Å²) >= 11 is 0. The van der Waals surface area contributed by atoms with Crippen LogP contribution in [0.3, 0.4) is 0 Å². The molecule has 0 saturated carbocycles. The fourth-order valence-electron chi connectivity index (χ4n) is 2.86. The predicted molar refractivity (Wildman–Crippen MR) is 73.3 cm³/mol. The molecule has 0 spiro atoms. The van der Waals surface area contributed by atoms with Crippen molar-refractivity contribution in [2.75, 3.05) is 79.0 Å². The number of carbonyl (C=O) groups is 1. The number of urea groups is 1. The van der Waals surface area contributed by atoms with E-state index in [2.05, 4.69) is 9.80 Å². The molecule has 0 bridgehead atoms. The highest BCUT2D eigenvalue weighted by Crippen LogP contribution is 2.12. The van der Waals surface area contributed by atoms with Crippen molar-refractivity contribution in [1.82, 2.24) is 19.6 Å². The maximum atomic E-state index is 12.4. The van der Waals surface area contributed by atoms with E-state index in [-0.39, 0.29) is 6.03 Å². The summed E-state index contributed by atoms with van der Waals surface area (Å²) < 4.78 is 10.7. The smallest absolute Gasteiger partial charge is 0.322 e. The van der Waals surface area contributed by atoms with Crippen LogP contribution in [0.15, 0.2) is 0 Å². The lowest BCUT2D eigenvalue weighted by molar-refractivity contribution is 0.0144. The summed E-state index contributed by atoms with van der Waals surface area (Å²) in [4.78, 5) is 20.9. The van der Waals surface area contributed by atoms with Crippen LogP contribution < -0.4 is 0 Å². The molecule has 3 heterocycles. The molecule has 3 aliphatic rings. The van der Waals surface area contributed by atoms with Gasteiger partial charge in [-0.2, -0.15) is 0 Å². The molecule has 114 valence electrons.